The van der Waals surface area contributed by atoms with E-state index in [1.54, 1.807) is 0 Å². The van der Waals surface area contributed by atoms with Crippen LogP contribution in [0.15, 0.2) is 16.5 Å². The predicted molar refractivity (Wildman–Crippen MR) is 51.4 cm³/mol. The van der Waals surface area contributed by atoms with Gasteiger partial charge in [-0.3, -0.25) is 0 Å². The summed E-state index contributed by atoms with van der Waals surface area (Å²) in [6.45, 7) is 4.94. The highest BCUT2D eigenvalue weighted by molar-refractivity contribution is 5.05. The Hall–Kier alpha value is -0.800. The predicted octanol–water partition coefficient (Wildman–Crippen LogP) is 1.45. The van der Waals surface area contributed by atoms with Gasteiger partial charge in [-0.25, -0.2) is 0 Å². The molecule has 0 unspecified atom stereocenters. The molecule has 0 saturated carbocycles. The molecule has 1 heterocycles. The smallest absolute Gasteiger partial charge is 0.117 e. The van der Waals surface area contributed by atoms with Gasteiger partial charge in [-0.15, -0.1) is 0 Å². The first-order valence-corrected chi connectivity index (χ1v) is 4.62. The van der Waals surface area contributed by atoms with E-state index in [4.69, 9.17) is 9.52 Å². The molecular formula is C10H17NO2. The third kappa shape index (κ3) is 3.61. The zero-order chi connectivity index (χ0) is 9.68. The Morgan fingerprint density at radius 2 is 2.31 bits per heavy atom. The Morgan fingerprint density at radius 1 is 1.54 bits per heavy atom. The summed E-state index contributed by atoms with van der Waals surface area (Å²) in [6, 6.07) is 4.25. The Bertz CT molecular complexity index is 245. The first-order chi connectivity index (χ1) is 6.22. The van der Waals surface area contributed by atoms with Crippen molar-refractivity contribution < 1.29 is 9.52 Å². The number of rotatable bonds is 5. The second kappa shape index (κ2) is 5.04. The third-order valence-corrected chi connectivity index (χ3v) is 1.98. The molecule has 0 amide bonds. The summed E-state index contributed by atoms with van der Waals surface area (Å²) >= 11 is 0. The summed E-state index contributed by atoms with van der Waals surface area (Å²) in [4.78, 5) is 0. The number of aryl methyl sites for hydroxylation is 1. The van der Waals surface area contributed by atoms with E-state index in [0.717, 1.165) is 24.5 Å². The normalized spacial score (nSPS) is 13.2. The maximum absolute atomic E-state index is 8.67. The molecule has 0 aliphatic heterocycles. The van der Waals surface area contributed by atoms with Crippen molar-refractivity contribution in [3.05, 3.63) is 23.7 Å². The van der Waals surface area contributed by atoms with E-state index in [9.17, 15) is 0 Å². The van der Waals surface area contributed by atoms with Gasteiger partial charge >= 0.3 is 0 Å². The lowest BCUT2D eigenvalue weighted by Crippen LogP contribution is -2.26. The van der Waals surface area contributed by atoms with Gasteiger partial charge in [0.25, 0.3) is 0 Å². The van der Waals surface area contributed by atoms with Gasteiger partial charge in [-0.1, -0.05) is 0 Å². The first-order valence-electron chi connectivity index (χ1n) is 4.62. The zero-order valence-electron chi connectivity index (χ0n) is 8.21. The summed E-state index contributed by atoms with van der Waals surface area (Å²) in [5.74, 6) is 1.88. The van der Waals surface area contributed by atoms with E-state index in [-0.39, 0.29) is 6.61 Å². The Kier molecular flexibility index (Phi) is 3.99. The lowest BCUT2D eigenvalue weighted by atomic mass is 10.2. The average molecular weight is 183 g/mol. The van der Waals surface area contributed by atoms with Crippen molar-refractivity contribution in [2.45, 2.75) is 32.9 Å². The van der Waals surface area contributed by atoms with Gasteiger partial charge in [-0.2, -0.15) is 0 Å². The lowest BCUT2D eigenvalue weighted by Gasteiger charge is -2.10. The van der Waals surface area contributed by atoms with Crippen molar-refractivity contribution in [3.63, 3.8) is 0 Å². The van der Waals surface area contributed by atoms with E-state index in [2.05, 4.69) is 5.32 Å². The van der Waals surface area contributed by atoms with Gasteiger partial charge in [0.2, 0.25) is 0 Å². The number of aliphatic hydroxyl groups is 1. The fourth-order valence-electron chi connectivity index (χ4n) is 1.15. The minimum Gasteiger partial charge on any atom is -0.465 e. The molecule has 0 saturated heterocycles. The van der Waals surface area contributed by atoms with Crippen LogP contribution in [-0.2, 0) is 6.54 Å². The molecule has 1 rings (SSSR count). The molecule has 0 aliphatic rings. The van der Waals surface area contributed by atoms with Crippen LogP contribution in [0.25, 0.3) is 0 Å². The van der Waals surface area contributed by atoms with Crippen LogP contribution in [0.2, 0.25) is 0 Å². The van der Waals surface area contributed by atoms with Gasteiger partial charge in [0.05, 0.1) is 6.54 Å². The van der Waals surface area contributed by atoms with Crippen LogP contribution >= 0.6 is 0 Å². The number of hydrogen-bond donors (Lipinski definition) is 2. The van der Waals surface area contributed by atoms with Crippen LogP contribution in [0.1, 0.15) is 24.9 Å². The Balaban J connectivity index is 2.26. The lowest BCUT2D eigenvalue weighted by molar-refractivity contribution is 0.267. The second-order valence-electron chi connectivity index (χ2n) is 3.31. The first kappa shape index (κ1) is 10.3. The summed E-state index contributed by atoms with van der Waals surface area (Å²) in [5, 5.41) is 11.9. The number of hydrogen-bond acceptors (Lipinski definition) is 3. The van der Waals surface area contributed by atoms with Crippen LogP contribution in [0.4, 0.5) is 0 Å². The largest absolute Gasteiger partial charge is 0.465 e. The number of nitrogens with one attached hydrogen (secondary N) is 1. The van der Waals surface area contributed by atoms with Crippen LogP contribution in [-0.4, -0.2) is 17.8 Å². The minimum absolute atomic E-state index is 0.228. The van der Waals surface area contributed by atoms with Crippen molar-refractivity contribution in [1.29, 1.82) is 0 Å². The fourth-order valence-corrected chi connectivity index (χ4v) is 1.15. The Morgan fingerprint density at radius 3 is 2.85 bits per heavy atom. The molecule has 3 nitrogen and oxygen atoms in total. The summed E-state index contributed by atoms with van der Waals surface area (Å²) in [7, 11) is 0. The molecule has 0 aliphatic carbocycles. The fraction of sp³-hybridized carbons (Fsp3) is 0.600. The van der Waals surface area contributed by atoms with E-state index in [1.807, 2.05) is 26.0 Å². The SMILES string of the molecule is Cc1ccc(CN[C@H](C)CCO)o1. The van der Waals surface area contributed by atoms with Crippen molar-refractivity contribution in [2.75, 3.05) is 6.61 Å². The van der Waals surface area contributed by atoms with Crippen LogP contribution in [0.5, 0.6) is 0 Å². The molecule has 1 aromatic heterocycles. The highest BCUT2D eigenvalue weighted by atomic mass is 16.3. The molecule has 0 bridgehead atoms. The average Bonchev–Trinajstić information content (AvgIpc) is 2.49. The molecule has 0 radical (unpaired) electrons. The second-order valence-corrected chi connectivity index (χ2v) is 3.31. The standard InChI is InChI=1S/C10H17NO2/c1-8(5-6-12)11-7-10-4-3-9(2)13-10/h3-4,8,11-12H,5-7H2,1-2H3/t8-/m1/s1. The van der Waals surface area contributed by atoms with Gasteiger partial charge in [0.15, 0.2) is 0 Å². The van der Waals surface area contributed by atoms with E-state index in [0.29, 0.717) is 6.04 Å². The molecular weight excluding hydrogens is 166 g/mol. The summed E-state index contributed by atoms with van der Waals surface area (Å²) in [5.41, 5.74) is 0. The number of aliphatic hydroxyl groups excluding tert-OH is 1. The zero-order valence-corrected chi connectivity index (χ0v) is 8.21. The molecule has 0 fully saturated rings. The van der Waals surface area contributed by atoms with E-state index in [1.165, 1.54) is 0 Å². The van der Waals surface area contributed by atoms with Crippen LogP contribution in [0.3, 0.4) is 0 Å². The molecule has 1 aromatic rings. The summed E-state index contributed by atoms with van der Waals surface area (Å²) < 4.78 is 5.39. The van der Waals surface area contributed by atoms with Crippen LogP contribution < -0.4 is 5.32 Å². The summed E-state index contributed by atoms with van der Waals surface area (Å²) in [6.07, 6.45) is 0.777. The third-order valence-electron chi connectivity index (χ3n) is 1.98. The monoisotopic (exact) mass is 183 g/mol. The highest BCUT2D eigenvalue weighted by Gasteiger charge is 2.02. The van der Waals surface area contributed by atoms with E-state index >= 15 is 0 Å². The molecule has 3 heteroatoms. The van der Waals surface area contributed by atoms with Crippen molar-refractivity contribution in [1.82, 2.24) is 5.32 Å². The molecule has 13 heavy (non-hydrogen) atoms. The van der Waals surface area contributed by atoms with Crippen molar-refractivity contribution in [3.8, 4) is 0 Å². The quantitative estimate of drug-likeness (QED) is 0.726. The van der Waals surface area contributed by atoms with E-state index < -0.39 is 0 Å². The molecule has 0 spiro atoms. The highest BCUT2D eigenvalue weighted by Crippen LogP contribution is 2.05. The van der Waals surface area contributed by atoms with Gasteiger partial charge in [-0.05, 0) is 32.4 Å². The molecule has 1 atom stereocenters. The minimum atomic E-state index is 0.228. The van der Waals surface area contributed by atoms with Gasteiger partial charge < -0.3 is 14.8 Å². The molecule has 2 N–H and O–H groups in total. The van der Waals surface area contributed by atoms with Crippen LogP contribution in [0, 0.1) is 6.92 Å². The van der Waals surface area contributed by atoms with Gasteiger partial charge in [0.1, 0.15) is 11.5 Å². The van der Waals surface area contributed by atoms with Gasteiger partial charge in [0, 0.05) is 12.6 Å². The topological polar surface area (TPSA) is 45.4 Å². The number of furan rings is 1. The maximum atomic E-state index is 8.67. The van der Waals surface area contributed by atoms with Crippen molar-refractivity contribution >= 4 is 0 Å². The van der Waals surface area contributed by atoms with Crippen molar-refractivity contribution in [2.24, 2.45) is 0 Å². The molecule has 74 valence electrons. The molecule has 0 aromatic carbocycles. The maximum Gasteiger partial charge on any atom is 0.117 e. The Labute approximate surface area is 78.8 Å².